The molecular weight excluding hydrogens is 468 g/mol. The summed E-state index contributed by atoms with van der Waals surface area (Å²) < 4.78 is 5.45. The van der Waals surface area contributed by atoms with Crippen molar-refractivity contribution < 1.29 is 19.2 Å². The number of carbonyl (C=O) groups is 2. The van der Waals surface area contributed by atoms with Gasteiger partial charge < -0.3 is 20.3 Å². The van der Waals surface area contributed by atoms with Crippen molar-refractivity contribution in [1.82, 2.24) is 15.5 Å². The maximum absolute atomic E-state index is 12.2. The average molecular weight is 499 g/mol. The van der Waals surface area contributed by atoms with Crippen LogP contribution in [0.3, 0.4) is 0 Å². The fourth-order valence-electron chi connectivity index (χ4n) is 3.94. The molecule has 0 fully saturated rings. The molecule has 190 valence electrons. The molecule has 0 aliphatic heterocycles. The Morgan fingerprint density at radius 1 is 0.946 bits per heavy atom. The van der Waals surface area contributed by atoms with E-state index < -0.39 is 5.97 Å². The number of aliphatic carboxylic acids is 1. The minimum absolute atomic E-state index is 0.0920. The van der Waals surface area contributed by atoms with Crippen molar-refractivity contribution in [2.24, 2.45) is 0 Å². The summed E-state index contributed by atoms with van der Waals surface area (Å²) in [6.07, 6.45) is 2.99. The average Bonchev–Trinajstić information content (AvgIpc) is 3.42. The molecule has 0 aliphatic rings. The predicted octanol–water partition coefficient (Wildman–Crippen LogP) is 5.95. The zero-order chi connectivity index (χ0) is 26.0. The number of anilines is 1. The van der Waals surface area contributed by atoms with Crippen molar-refractivity contribution in [3.63, 3.8) is 0 Å². The minimum atomic E-state index is -0.944. The van der Waals surface area contributed by atoms with Gasteiger partial charge >= 0.3 is 5.97 Å². The second-order valence-electron chi connectivity index (χ2n) is 8.73. The number of hydrogen-bond donors (Lipinski definition) is 3. The van der Waals surface area contributed by atoms with Gasteiger partial charge in [0.25, 0.3) is 11.8 Å². The normalized spacial score (nSPS) is 11.6. The van der Waals surface area contributed by atoms with E-state index in [-0.39, 0.29) is 24.9 Å². The van der Waals surface area contributed by atoms with Gasteiger partial charge in [-0.15, -0.1) is 0 Å². The van der Waals surface area contributed by atoms with Crippen molar-refractivity contribution in [3.8, 4) is 22.8 Å². The number of amides is 1. The summed E-state index contributed by atoms with van der Waals surface area (Å²) in [5.41, 5.74) is 4.28. The Balaban J connectivity index is 1.43. The quantitative estimate of drug-likeness (QED) is 0.221. The van der Waals surface area contributed by atoms with Crippen LogP contribution in [0.25, 0.3) is 22.8 Å². The first-order valence-electron chi connectivity index (χ1n) is 12.4. The van der Waals surface area contributed by atoms with Crippen LogP contribution >= 0.6 is 0 Å². The van der Waals surface area contributed by atoms with E-state index >= 15 is 0 Å². The van der Waals surface area contributed by atoms with Crippen LogP contribution in [0.4, 0.5) is 5.69 Å². The fourth-order valence-corrected chi connectivity index (χ4v) is 3.94. The highest BCUT2D eigenvalue weighted by Gasteiger charge is 2.15. The summed E-state index contributed by atoms with van der Waals surface area (Å²) in [7, 11) is 0. The molecule has 0 aliphatic carbocycles. The molecule has 3 N–H and O–H groups in total. The highest BCUT2D eigenvalue weighted by Crippen LogP contribution is 2.28. The molecule has 0 saturated carbocycles. The number of rotatable bonds is 12. The zero-order valence-corrected chi connectivity index (χ0v) is 20.7. The van der Waals surface area contributed by atoms with Gasteiger partial charge in [0.1, 0.15) is 0 Å². The van der Waals surface area contributed by atoms with Gasteiger partial charge in [-0.1, -0.05) is 67.4 Å². The summed E-state index contributed by atoms with van der Waals surface area (Å²) in [6.45, 7) is 2.26. The zero-order valence-electron chi connectivity index (χ0n) is 20.7. The van der Waals surface area contributed by atoms with Crippen molar-refractivity contribution in [2.75, 3.05) is 11.9 Å². The smallest absolute Gasteiger partial charge is 0.305 e. The highest BCUT2D eigenvalue weighted by atomic mass is 16.5. The lowest BCUT2D eigenvalue weighted by Gasteiger charge is -2.21. The summed E-state index contributed by atoms with van der Waals surface area (Å²) >= 11 is 0. The molecule has 1 atom stereocenters. The molecule has 0 saturated heterocycles. The maximum Gasteiger partial charge on any atom is 0.305 e. The Kier molecular flexibility index (Phi) is 8.65. The lowest BCUT2D eigenvalue weighted by Crippen LogP contribution is -2.25. The first kappa shape index (κ1) is 25.6. The molecule has 3 aromatic carbocycles. The molecule has 0 spiro atoms. The van der Waals surface area contributed by atoms with E-state index in [1.165, 1.54) is 0 Å². The first-order valence-corrected chi connectivity index (χ1v) is 12.4. The number of carboxylic acids is 1. The lowest BCUT2D eigenvalue weighted by molar-refractivity contribution is -0.136. The van der Waals surface area contributed by atoms with E-state index in [9.17, 15) is 9.59 Å². The van der Waals surface area contributed by atoms with Crippen molar-refractivity contribution >= 4 is 17.6 Å². The topological polar surface area (TPSA) is 117 Å². The Morgan fingerprint density at radius 2 is 1.68 bits per heavy atom. The third kappa shape index (κ3) is 7.04. The van der Waals surface area contributed by atoms with Crippen molar-refractivity contribution in [1.29, 1.82) is 0 Å². The van der Waals surface area contributed by atoms with E-state index in [1.807, 2.05) is 54.6 Å². The molecule has 8 heteroatoms. The van der Waals surface area contributed by atoms with Crippen LogP contribution in [-0.2, 0) is 4.79 Å². The number of carboxylic acid groups (broad SMARTS) is 1. The van der Waals surface area contributed by atoms with Gasteiger partial charge in [0.15, 0.2) is 0 Å². The SMILES string of the molecule is CCCC[C@@H](Nc1ccc(C(=O)NCCC(=O)O)cc1)c1ccc(-c2noc(-c3ccccc3)n2)cc1. The lowest BCUT2D eigenvalue weighted by atomic mass is 9.99. The van der Waals surface area contributed by atoms with Crippen LogP contribution in [0, 0.1) is 0 Å². The molecule has 8 nitrogen and oxygen atoms in total. The van der Waals surface area contributed by atoms with Crippen LogP contribution in [-0.4, -0.2) is 33.7 Å². The summed E-state index contributed by atoms with van der Waals surface area (Å²) in [5, 5.41) is 19.1. The molecule has 1 aromatic heterocycles. The Labute approximate surface area is 215 Å². The molecule has 0 unspecified atom stereocenters. The molecule has 1 amide bonds. The van der Waals surface area contributed by atoms with Crippen LogP contribution in [0.1, 0.15) is 54.6 Å². The Morgan fingerprint density at radius 3 is 2.35 bits per heavy atom. The van der Waals surface area contributed by atoms with Crippen molar-refractivity contribution in [3.05, 3.63) is 90.0 Å². The molecule has 4 rings (SSSR count). The van der Waals surface area contributed by atoms with Gasteiger partial charge in [-0.3, -0.25) is 9.59 Å². The Hall–Kier alpha value is -4.46. The number of benzene rings is 3. The van der Waals surface area contributed by atoms with Gasteiger partial charge in [0.2, 0.25) is 5.82 Å². The molecule has 0 bridgehead atoms. The van der Waals surface area contributed by atoms with E-state index in [1.54, 1.807) is 12.1 Å². The Bertz CT molecular complexity index is 1300. The van der Waals surface area contributed by atoms with Gasteiger partial charge in [-0.25, -0.2) is 0 Å². The largest absolute Gasteiger partial charge is 0.481 e. The number of nitrogens with one attached hydrogen (secondary N) is 2. The van der Waals surface area contributed by atoms with Crippen molar-refractivity contribution in [2.45, 2.75) is 38.6 Å². The third-order valence-corrected chi connectivity index (χ3v) is 5.98. The first-order chi connectivity index (χ1) is 18.0. The van der Waals surface area contributed by atoms with E-state index in [2.05, 4.69) is 39.8 Å². The summed E-state index contributed by atoms with van der Waals surface area (Å²) in [6, 6.07) is 25.1. The van der Waals surface area contributed by atoms with Crippen LogP contribution < -0.4 is 10.6 Å². The van der Waals surface area contributed by atoms with Gasteiger partial charge in [0, 0.05) is 28.9 Å². The monoisotopic (exact) mass is 498 g/mol. The number of aromatic nitrogens is 2. The van der Waals surface area contributed by atoms with Gasteiger partial charge in [-0.2, -0.15) is 4.98 Å². The molecular formula is C29H30N4O4. The summed E-state index contributed by atoms with van der Waals surface area (Å²) in [5.74, 6) is -0.204. The standard InChI is InChI=1S/C29H30N4O4/c1-2-3-9-25(31-24-16-14-22(15-17-24)28(36)30-19-18-26(34)35)20-10-12-21(13-11-20)27-32-29(37-33-27)23-7-5-4-6-8-23/h4-8,10-17,25,31H,2-3,9,18-19H2,1H3,(H,30,36)(H,34,35)/t25-/m1/s1. The second-order valence-corrected chi connectivity index (χ2v) is 8.73. The third-order valence-electron chi connectivity index (χ3n) is 5.98. The van der Waals surface area contributed by atoms with Gasteiger partial charge in [-0.05, 0) is 48.4 Å². The number of unbranched alkanes of at least 4 members (excludes halogenated alkanes) is 1. The van der Waals surface area contributed by atoms with E-state index in [0.717, 1.165) is 41.6 Å². The summed E-state index contributed by atoms with van der Waals surface area (Å²) in [4.78, 5) is 27.4. The number of hydrogen-bond acceptors (Lipinski definition) is 6. The van der Waals surface area contributed by atoms with E-state index in [4.69, 9.17) is 9.63 Å². The second kappa shape index (κ2) is 12.5. The predicted molar refractivity (Wildman–Crippen MR) is 142 cm³/mol. The molecule has 0 radical (unpaired) electrons. The van der Waals surface area contributed by atoms with Crippen LogP contribution in [0.2, 0.25) is 0 Å². The van der Waals surface area contributed by atoms with Crippen LogP contribution in [0.15, 0.2) is 83.4 Å². The highest BCUT2D eigenvalue weighted by molar-refractivity contribution is 5.94. The minimum Gasteiger partial charge on any atom is -0.481 e. The number of carbonyl (C=O) groups excluding carboxylic acids is 1. The molecule has 4 aromatic rings. The number of nitrogens with zero attached hydrogens (tertiary/aromatic N) is 2. The van der Waals surface area contributed by atoms with Gasteiger partial charge in [0.05, 0.1) is 12.5 Å². The van der Waals surface area contributed by atoms with Crippen LogP contribution in [0.5, 0.6) is 0 Å². The molecule has 37 heavy (non-hydrogen) atoms. The fraction of sp³-hybridized carbons (Fsp3) is 0.241. The molecule has 1 heterocycles. The maximum atomic E-state index is 12.2. The van der Waals surface area contributed by atoms with E-state index in [0.29, 0.717) is 17.3 Å².